The topological polar surface area (TPSA) is 34.1 Å². The lowest BCUT2D eigenvalue weighted by Crippen LogP contribution is -2.08. The molecule has 68 valence electrons. The fourth-order valence-electron chi connectivity index (χ4n) is 0.738. The van der Waals surface area contributed by atoms with E-state index < -0.39 is 9.84 Å². The zero-order valence-corrected chi connectivity index (χ0v) is 8.42. The van der Waals surface area contributed by atoms with Crippen molar-refractivity contribution in [1.29, 1.82) is 0 Å². The van der Waals surface area contributed by atoms with Gasteiger partial charge >= 0.3 is 0 Å². The Labute approximate surface area is 73.9 Å². The third-order valence-electron chi connectivity index (χ3n) is 1.53. The van der Waals surface area contributed by atoms with Crippen molar-refractivity contribution in [2.45, 2.75) is 26.2 Å². The fourth-order valence-corrected chi connectivity index (χ4v) is 1.86. The lowest BCUT2D eigenvalue weighted by atomic mass is 10.3. The van der Waals surface area contributed by atoms with Gasteiger partial charge in [-0.1, -0.05) is 13.3 Å². The molecule has 0 aliphatic heterocycles. The lowest BCUT2D eigenvalue weighted by molar-refractivity contribution is 0.592. The van der Waals surface area contributed by atoms with Crippen LogP contribution >= 0.6 is 11.6 Å². The van der Waals surface area contributed by atoms with E-state index in [4.69, 9.17) is 11.6 Å². The normalized spacial score (nSPS) is 11.8. The first-order chi connectivity index (χ1) is 5.12. The molecule has 0 atom stereocenters. The van der Waals surface area contributed by atoms with Gasteiger partial charge in [0.1, 0.15) is 9.84 Å². The van der Waals surface area contributed by atoms with Crippen LogP contribution in [-0.4, -0.2) is 25.8 Å². The Bertz CT molecular complexity index is 175. The second kappa shape index (κ2) is 5.84. The van der Waals surface area contributed by atoms with Gasteiger partial charge < -0.3 is 0 Å². The standard InChI is InChI=1S/C7H15ClO2S/c1-2-11(9,10)7-5-3-4-6-8/h2-7H2,1H3. The molecule has 2 nitrogen and oxygen atoms in total. The number of halogens is 1. The van der Waals surface area contributed by atoms with Crippen LogP contribution in [0.4, 0.5) is 0 Å². The molecule has 0 spiro atoms. The quantitative estimate of drug-likeness (QED) is 0.482. The van der Waals surface area contributed by atoms with E-state index in [1.807, 2.05) is 0 Å². The summed E-state index contributed by atoms with van der Waals surface area (Å²) in [6.07, 6.45) is 2.59. The highest BCUT2D eigenvalue weighted by molar-refractivity contribution is 7.91. The van der Waals surface area contributed by atoms with E-state index in [1.165, 1.54) is 0 Å². The molecule has 0 heterocycles. The van der Waals surface area contributed by atoms with Crippen molar-refractivity contribution in [1.82, 2.24) is 0 Å². The van der Waals surface area contributed by atoms with E-state index in [1.54, 1.807) is 6.92 Å². The van der Waals surface area contributed by atoms with Crippen LogP contribution in [0.2, 0.25) is 0 Å². The zero-order valence-electron chi connectivity index (χ0n) is 6.85. The summed E-state index contributed by atoms with van der Waals surface area (Å²) in [5.74, 6) is 1.21. The molecule has 0 aromatic carbocycles. The average molecular weight is 199 g/mol. The van der Waals surface area contributed by atoms with Crippen LogP contribution in [0.5, 0.6) is 0 Å². The number of sulfone groups is 1. The third-order valence-corrected chi connectivity index (χ3v) is 3.59. The molecule has 11 heavy (non-hydrogen) atoms. The average Bonchev–Trinajstić information content (AvgIpc) is 1.99. The van der Waals surface area contributed by atoms with Crippen LogP contribution in [0, 0.1) is 0 Å². The summed E-state index contributed by atoms with van der Waals surface area (Å²) in [4.78, 5) is 0. The molecule has 4 heteroatoms. The smallest absolute Gasteiger partial charge is 0.150 e. The van der Waals surface area contributed by atoms with Gasteiger partial charge in [-0.15, -0.1) is 11.6 Å². The van der Waals surface area contributed by atoms with Gasteiger partial charge in [0.2, 0.25) is 0 Å². The maximum absolute atomic E-state index is 10.9. The monoisotopic (exact) mass is 198 g/mol. The van der Waals surface area contributed by atoms with Gasteiger partial charge in [0.25, 0.3) is 0 Å². The maximum atomic E-state index is 10.9. The molecule has 0 aromatic rings. The van der Waals surface area contributed by atoms with Gasteiger partial charge in [0.05, 0.1) is 5.75 Å². The van der Waals surface area contributed by atoms with E-state index in [0.29, 0.717) is 11.6 Å². The summed E-state index contributed by atoms with van der Waals surface area (Å²) in [5.41, 5.74) is 0. The van der Waals surface area contributed by atoms with Crippen molar-refractivity contribution in [2.24, 2.45) is 0 Å². The van der Waals surface area contributed by atoms with Gasteiger partial charge in [-0.2, -0.15) is 0 Å². The Morgan fingerprint density at radius 3 is 2.27 bits per heavy atom. The molecule has 0 aliphatic rings. The Morgan fingerprint density at radius 2 is 1.82 bits per heavy atom. The summed E-state index contributed by atoms with van der Waals surface area (Å²) in [6, 6.07) is 0. The van der Waals surface area contributed by atoms with E-state index in [0.717, 1.165) is 19.3 Å². The third kappa shape index (κ3) is 6.63. The van der Waals surface area contributed by atoms with Crippen LogP contribution in [0.25, 0.3) is 0 Å². The van der Waals surface area contributed by atoms with Crippen molar-refractivity contribution in [3.05, 3.63) is 0 Å². The second-order valence-electron chi connectivity index (χ2n) is 2.49. The Hall–Kier alpha value is 0.240. The Morgan fingerprint density at radius 1 is 1.18 bits per heavy atom. The minimum Gasteiger partial charge on any atom is -0.229 e. The van der Waals surface area contributed by atoms with Crippen LogP contribution in [0.3, 0.4) is 0 Å². The Kier molecular flexibility index (Phi) is 5.96. The number of hydrogen-bond acceptors (Lipinski definition) is 2. The molecule has 0 aliphatic carbocycles. The molecule has 0 radical (unpaired) electrons. The summed E-state index contributed by atoms with van der Waals surface area (Å²) in [7, 11) is -2.74. The summed E-state index contributed by atoms with van der Waals surface area (Å²) >= 11 is 5.44. The van der Waals surface area contributed by atoms with E-state index in [2.05, 4.69) is 0 Å². The molecule has 0 unspecified atom stereocenters. The number of alkyl halides is 1. The second-order valence-corrected chi connectivity index (χ2v) is 5.34. The molecule has 0 saturated carbocycles. The largest absolute Gasteiger partial charge is 0.229 e. The van der Waals surface area contributed by atoms with Crippen LogP contribution < -0.4 is 0 Å². The maximum Gasteiger partial charge on any atom is 0.150 e. The predicted molar refractivity (Wildman–Crippen MR) is 48.9 cm³/mol. The molecule has 0 N–H and O–H groups in total. The minimum absolute atomic E-state index is 0.258. The summed E-state index contributed by atoms with van der Waals surface area (Å²) in [6.45, 7) is 1.68. The van der Waals surface area contributed by atoms with Crippen LogP contribution in [-0.2, 0) is 9.84 Å². The zero-order chi connectivity index (χ0) is 8.74. The van der Waals surface area contributed by atoms with Crippen LogP contribution in [0.1, 0.15) is 26.2 Å². The molecule has 0 saturated heterocycles. The first-order valence-corrected chi connectivity index (χ1v) is 6.24. The SMILES string of the molecule is CCS(=O)(=O)CCCCCCl. The molecule has 0 rings (SSSR count). The van der Waals surface area contributed by atoms with Crippen molar-refractivity contribution < 1.29 is 8.42 Å². The molecule has 0 fully saturated rings. The number of hydrogen-bond donors (Lipinski definition) is 0. The molecule has 0 amide bonds. The van der Waals surface area contributed by atoms with Gasteiger partial charge in [0.15, 0.2) is 0 Å². The van der Waals surface area contributed by atoms with E-state index >= 15 is 0 Å². The highest BCUT2D eigenvalue weighted by atomic mass is 35.5. The van der Waals surface area contributed by atoms with Crippen molar-refractivity contribution in [3.8, 4) is 0 Å². The predicted octanol–water partition coefficient (Wildman–Crippen LogP) is 1.83. The minimum atomic E-state index is -2.74. The first-order valence-electron chi connectivity index (χ1n) is 3.89. The number of rotatable bonds is 6. The van der Waals surface area contributed by atoms with E-state index in [-0.39, 0.29) is 5.75 Å². The summed E-state index contributed by atoms with van der Waals surface area (Å²) in [5, 5.41) is 0. The van der Waals surface area contributed by atoms with Crippen molar-refractivity contribution in [3.63, 3.8) is 0 Å². The number of unbranched alkanes of at least 4 members (excludes halogenated alkanes) is 2. The highest BCUT2D eigenvalue weighted by Crippen LogP contribution is 2.01. The van der Waals surface area contributed by atoms with Crippen LogP contribution in [0.15, 0.2) is 0 Å². The molecule has 0 bridgehead atoms. The van der Waals surface area contributed by atoms with Gasteiger partial charge in [0, 0.05) is 11.6 Å². The lowest BCUT2D eigenvalue weighted by Gasteiger charge is -1.98. The molecular weight excluding hydrogens is 184 g/mol. The Balaban J connectivity index is 3.39. The van der Waals surface area contributed by atoms with E-state index in [9.17, 15) is 8.42 Å². The van der Waals surface area contributed by atoms with Gasteiger partial charge in [-0.25, -0.2) is 8.42 Å². The fraction of sp³-hybridized carbons (Fsp3) is 1.00. The van der Waals surface area contributed by atoms with Gasteiger partial charge in [-0.05, 0) is 12.8 Å². The molecule has 0 aromatic heterocycles. The summed E-state index contributed by atoms with van der Waals surface area (Å²) < 4.78 is 21.9. The molecular formula is C7H15ClO2S. The first kappa shape index (κ1) is 11.2. The van der Waals surface area contributed by atoms with Gasteiger partial charge in [-0.3, -0.25) is 0 Å². The van der Waals surface area contributed by atoms with Crippen molar-refractivity contribution in [2.75, 3.05) is 17.4 Å². The highest BCUT2D eigenvalue weighted by Gasteiger charge is 2.05. The van der Waals surface area contributed by atoms with Crippen molar-refractivity contribution >= 4 is 21.4 Å².